The number of H-pyrrole nitrogens is 1. The Kier molecular flexibility index (Phi) is 24.2. The predicted molar refractivity (Wildman–Crippen MR) is 316 cm³/mol. The van der Waals surface area contributed by atoms with E-state index >= 15 is 0 Å². The predicted octanol–water partition coefficient (Wildman–Crippen LogP) is 14.2. The molecule has 0 unspecified atom stereocenters. The number of hydrogen-bond donors (Lipinski definition) is 3. The molecule has 0 aliphatic rings. The van der Waals surface area contributed by atoms with Gasteiger partial charge in [0.1, 0.15) is 38.3 Å². The highest BCUT2D eigenvalue weighted by Gasteiger charge is 2.32. The lowest BCUT2D eigenvalue weighted by Crippen LogP contribution is -2.17. The van der Waals surface area contributed by atoms with Gasteiger partial charge >= 0.3 is 19.1 Å². The first-order valence-electron chi connectivity index (χ1n) is 24.1. The fourth-order valence-corrected chi connectivity index (χ4v) is 7.64. The lowest BCUT2D eigenvalue weighted by Gasteiger charge is -2.09. The van der Waals surface area contributed by atoms with Crippen LogP contribution in [0, 0.1) is 66.1 Å². The van der Waals surface area contributed by atoms with E-state index in [4.69, 9.17) is 17.9 Å². The Morgan fingerprint density at radius 2 is 0.929 bits per heavy atom. The first-order chi connectivity index (χ1) is 39.6. The number of nitrogens with one attached hydrogen (secondary N) is 1. The fraction of sp³-hybridized carbons (Fsp3) is 0.138. The van der Waals surface area contributed by atoms with E-state index in [2.05, 4.69) is 144 Å². The molecule has 0 saturated carbocycles. The van der Waals surface area contributed by atoms with Gasteiger partial charge in [0.05, 0.1) is 17.1 Å². The Balaban J connectivity index is 0.000000196. The summed E-state index contributed by atoms with van der Waals surface area (Å²) in [6, 6.07) is 39.3. The number of nitrogens with two attached hydrogens (primary N) is 2. The molecule has 0 radical (unpaired) electrons. The smallest absolute Gasteiger partial charge is 0.406 e. The molecule has 0 bridgehead atoms. The van der Waals surface area contributed by atoms with E-state index in [1.807, 2.05) is 45.0 Å². The molecule has 5 N–H and O–H groups in total. The highest BCUT2D eigenvalue weighted by molar-refractivity contribution is 14.1. The molecule has 6 aromatic heterocycles. The third kappa shape index (κ3) is 23.8. The molecule has 6 heterocycles. The van der Waals surface area contributed by atoms with Crippen molar-refractivity contribution in [3.8, 4) is 58.5 Å². The van der Waals surface area contributed by atoms with Gasteiger partial charge in [-0.2, -0.15) is 20.4 Å². The van der Waals surface area contributed by atoms with Crippen molar-refractivity contribution in [1.29, 1.82) is 0 Å². The van der Waals surface area contributed by atoms with Crippen molar-refractivity contribution >= 4 is 56.8 Å². The van der Waals surface area contributed by atoms with Gasteiger partial charge in [0, 0.05) is 74.4 Å². The number of ether oxygens (including phenoxy) is 3. The second kappa shape index (κ2) is 30.9. The largest absolute Gasteiger partial charge is 0.573 e. The second-order valence-electron chi connectivity index (χ2n) is 17.0. The Hall–Kier alpha value is -9.03. The number of anilines is 2. The van der Waals surface area contributed by atoms with Gasteiger partial charge in [-0.15, -0.1) is 45.9 Å². The maximum Gasteiger partial charge on any atom is 0.573 e. The number of alkyl halides is 9. The number of aromatic nitrogens is 10. The van der Waals surface area contributed by atoms with Gasteiger partial charge in [-0.1, -0.05) is 29.5 Å². The molecule has 0 spiro atoms. The Bertz CT molecular complexity index is 3580. The first kappa shape index (κ1) is 65.8. The molecule has 84 heavy (non-hydrogen) atoms. The highest BCUT2D eigenvalue weighted by atomic mass is 127. The molecular weight excluding hydrogens is 1340 g/mol. The topological polar surface area (TPSA) is 188 Å². The molecule has 4 aromatic carbocycles. The maximum atomic E-state index is 12.2. The van der Waals surface area contributed by atoms with Crippen molar-refractivity contribution in [1.82, 2.24) is 49.5 Å². The van der Waals surface area contributed by atoms with Crippen LogP contribution >= 0.6 is 45.2 Å². The minimum Gasteiger partial charge on any atom is -0.406 e. The number of rotatable bonds is 6. The van der Waals surface area contributed by atoms with Crippen LogP contribution in [-0.2, 0) is 0 Å². The lowest BCUT2D eigenvalue weighted by molar-refractivity contribution is -0.275. The van der Waals surface area contributed by atoms with Crippen molar-refractivity contribution in [3.63, 3.8) is 0 Å². The molecule has 0 aliphatic carbocycles. The number of pyridine rings is 2. The monoisotopic (exact) mass is 1390 g/mol. The normalized spacial score (nSPS) is 10.6. The van der Waals surface area contributed by atoms with E-state index in [1.165, 1.54) is 86.6 Å². The Morgan fingerprint density at radius 1 is 0.500 bits per heavy atom. The zero-order valence-electron chi connectivity index (χ0n) is 44.8. The van der Waals surface area contributed by atoms with Crippen LogP contribution in [0.15, 0.2) is 170 Å². The summed E-state index contributed by atoms with van der Waals surface area (Å²) in [7, 11) is 0. The summed E-state index contributed by atoms with van der Waals surface area (Å²) in [5.41, 5.74) is 19.6. The van der Waals surface area contributed by atoms with Gasteiger partial charge in [0.2, 0.25) is 0 Å². The molecule has 0 atom stereocenters. The average molecular weight is 1390 g/mol. The van der Waals surface area contributed by atoms with Crippen molar-refractivity contribution in [2.45, 2.75) is 53.7 Å². The minimum atomic E-state index is -4.71. The summed E-state index contributed by atoms with van der Waals surface area (Å²) in [4.78, 5) is 7.79. The lowest BCUT2D eigenvalue weighted by atomic mass is 10.2. The molecule has 10 rings (SSSR count). The van der Waals surface area contributed by atoms with Crippen LogP contribution in [0.2, 0.25) is 0 Å². The number of terminal acetylenes is 1. The minimum absolute atomic E-state index is 0.245. The van der Waals surface area contributed by atoms with E-state index in [0.717, 1.165) is 37.6 Å². The summed E-state index contributed by atoms with van der Waals surface area (Å²) < 4.78 is 127. The summed E-state index contributed by atoms with van der Waals surface area (Å²) in [6.07, 6.45) is -2.35. The molecule has 10 aromatic rings. The Morgan fingerprint density at radius 3 is 1.25 bits per heavy atom. The number of hydrogen-bond acceptors (Lipinski definition) is 11. The number of aromatic amines is 1. The van der Waals surface area contributed by atoms with Crippen molar-refractivity contribution in [3.05, 3.63) is 223 Å². The summed E-state index contributed by atoms with van der Waals surface area (Å²) in [6.45, 7) is 9.50. The summed E-state index contributed by atoms with van der Waals surface area (Å²) >= 11 is 4.37. The number of nitrogen functional groups attached to an aromatic ring is 2. The molecule has 0 fully saturated rings. The van der Waals surface area contributed by atoms with Crippen LogP contribution in [0.3, 0.4) is 0 Å². The van der Waals surface area contributed by atoms with Crippen molar-refractivity contribution < 1.29 is 53.7 Å². The average Bonchev–Trinajstić information content (AvgIpc) is 4.42. The van der Waals surface area contributed by atoms with E-state index in [1.54, 1.807) is 65.3 Å². The van der Waals surface area contributed by atoms with Crippen LogP contribution < -0.4 is 25.7 Å². The SMILES string of the molecule is C#Cc1cccnc1.Cc1cc(C#Cc2cccnc2)nn1-c1ccc(OC(F)(F)F)cc1.Cc1cc(I)nn1-c1ccc(OC(F)(F)F)cc1.Cc1cc(N)n[nH]1.Cc1cc(N)nn1-c1ccc(OC(F)(F)F)cc1.Cc1ccc(I)cc1. The van der Waals surface area contributed by atoms with Crippen molar-refractivity contribution in [2.75, 3.05) is 11.5 Å². The highest BCUT2D eigenvalue weighted by Crippen LogP contribution is 2.27. The van der Waals surface area contributed by atoms with E-state index in [9.17, 15) is 39.5 Å². The summed E-state index contributed by atoms with van der Waals surface area (Å²) in [5, 5.41) is 19.0. The standard InChI is InChI=1S/C18H12F3N3O.C11H8F3IN2O.C11H10F3N3O.C7H7I.C7H5N.C4H7N3/c1-13-11-15(5-4-14-3-2-10-22-12-14)23-24(13)16-6-8-17(9-7-16)25-18(19,20)21;2*1-7-6-10(15)16-17(7)8-2-4-9(5-3-8)18-11(12,13)14;1-6-2-4-7(8)5-3-6;1-2-7-4-3-5-8-6-7;1-3-2-4(5)7-6-3/h2-3,6-12H,1H3;2-6H,1H3;2-6H,1H3,(H2,15,16);2-5H,1H3;1,3-6H;2H,1H3,(H3,5,6,7). The molecule has 436 valence electrons. The van der Waals surface area contributed by atoms with Gasteiger partial charge in [-0.05, 0) is 207 Å². The summed E-state index contributed by atoms with van der Waals surface area (Å²) in [5.74, 6) is 8.46. The number of halogens is 11. The van der Waals surface area contributed by atoms with Gasteiger partial charge < -0.3 is 25.7 Å². The third-order valence-electron chi connectivity index (χ3n) is 10.2. The van der Waals surface area contributed by atoms with Gasteiger partial charge in [0.15, 0.2) is 0 Å². The van der Waals surface area contributed by atoms with Crippen LogP contribution in [-0.4, -0.2) is 68.6 Å². The van der Waals surface area contributed by atoms with Crippen LogP contribution in [0.1, 0.15) is 45.2 Å². The molecule has 15 nitrogen and oxygen atoms in total. The zero-order valence-corrected chi connectivity index (χ0v) is 49.1. The van der Waals surface area contributed by atoms with Crippen molar-refractivity contribution in [2.24, 2.45) is 0 Å². The second-order valence-corrected chi connectivity index (χ2v) is 19.4. The van der Waals surface area contributed by atoms with Gasteiger partial charge in [-0.25, -0.2) is 14.0 Å². The zero-order chi connectivity index (χ0) is 61.6. The molecule has 0 amide bonds. The third-order valence-corrected chi connectivity index (χ3v) is 11.4. The van der Waals surface area contributed by atoms with Crippen LogP contribution in [0.25, 0.3) is 17.1 Å². The molecule has 26 heteroatoms. The van der Waals surface area contributed by atoms with Crippen LogP contribution in [0.4, 0.5) is 51.1 Å². The van der Waals surface area contributed by atoms with E-state index < -0.39 is 19.1 Å². The number of aryl methyl sites for hydroxylation is 5. The maximum absolute atomic E-state index is 12.2. The quantitative estimate of drug-likeness (QED) is 0.0817. The fourth-order valence-electron chi connectivity index (χ4n) is 6.62. The number of nitrogens with zero attached hydrogens (tertiary/aromatic N) is 9. The van der Waals surface area contributed by atoms with Gasteiger partial charge in [-0.3, -0.25) is 15.1 Å². The molecule has 0 saturated heterocycles. The van der Waals surface area contributed by atoms with E-state index in [0.29, 0.717) is 34.4 Å². The molecule has 0 aliphatic heterocycles. The first-order valence-corrected chi connectivity index (χ1v) is 26.3. The van der Waals surface area contributed by atoms with E-state index in [-0.39, 0.29) is 17.2 Å². The van der Waals surface area contributed by atoms with Crippen LogP contribution in [0.5, 0.6) is 17.2 Å². The number of benzene rings is 4. The Labute approximate surface area is 503 Å². The molecular formula is C58H49F9I2N12O3. The van der Waals surface area contributed by atoms with Gasteiger partial charge in [0.25, 0.3) is 0 Å².